The lowest BCUT2D eigenvalue weighted by Crippen LogP contribution is -2.25. The van der Waals surface area contributed by atoms with Crippen molar-refractivity contribution in [2.75, 3.05) is 39.3 Å². The Morgan fingerprint density at radius 2 is 2.04 bits per heavy atom. The molecule has 0 amide bonds. The molecule has 0 spiro atoms. The van der Waals surface area contributed by atoms with Gasteiger partial charge < -0.3 is 24.3 Å². The second kappa shape index (κ2) is 11.4. The zero-order valence-corrected chi connectivity index (χ0v) is 15.9. The first kappa shape index (κ1) is 21.8. The molecule has 0 bridgehead atoms. The third kappa shape index (κ3) is 7.75. The number of likely N-dealkylation sites (N-methyl/N-ethyl adjacent to an activating group) is 1. The molecule has 1 aromatic rings. The molecule has 0 aromatic carbocycles. The van der Waals surface area contributed by atoms with E-state index >= 15 is 0 Å². The van der Waals surface area contributed by atoms with Crippen molar-refractivity contribution >= 4 is 29.3 Å². The number of carboxylic acid groups (broad SMARTS) is 2. The van der Waals surface area contributed by atoms with Gasteiger partial charge in [-0.25, -0.2) is 14.6 Å². The highest BCUT2D eigenvalue weighted by Crippen LogP contribution is 2.27. The van der Waals surface area contributed by atoms with Crippen LogP contribution in [0.3, 0.4) is 0 Å². The van der Waals surface area contributed by atoms with Gasteiger partial charge in [-0.15, -0.1) is 0 Å². The van der Waals surface area contributed by atoms with Gasteiger partial charge in [0.25, 0.3) is 0 Å². The number of nitrogens with zero attached hydrogens (tertiary/aromatic N) is 2. The van der Waals surface area contributed by atoms with Gasteiger partial charge in [0.2, 0.25) is 5.89 Å². The summed E-state index contributed by atoms with van der Waals surface area (Å²) >= 11 is 1.80. The third-order valence-electron chi connectivity index (χ3n) is 3.37. The zero-order chi connectivity index (χ0) is 19.5. The van der Waals surface area contributed by atoms with Gasteiger partial charge >= 0.3 is 17.9 Å². The van der Waals surface area contributed by atoms with E-state index in [2.05, 4.69) is 29.3 Å². The van der Waals surface area contributed by atoms with E-state index < -0.39 is 11.9 Å². The minimum absolute atomic E-state index is 0.558. The van der Waals surface area contributed by atoms with Crippen LogP contribution in [0.25, 0.3) is 5.57 Å². The molecule has 0 radical (unpaired) electrons. The average Bonchev–Trinajstić information content (AvgIpc) is 3.02. The van der Waals surface area contributed by atoms with Crippen molar-refractivity contribution in [2.45, 2.75) is 12.8 Å². The second-order valence-corrected chi connectivity index (χ2v) is 6.45. The fraction of sp³-hybridized carbons (Fsp3) is 0.471. The fourth-order valence-electron chi connectivity index (χ4n) is 2.18. The van der Waals surface area contributed by atoms with Crippen LogP contribution < -0.4 is 4.74 Å². The van der Waals surface area contributed by atoms with Crippen LogP contribution in [0, 0.1) is 0 Å². The maximum Gasteiger partial charge on any atom is 0.328 e. The van der Waals surface area contributed by atoms with Crippen LogP contribution in [0.1, 0.15) is 18.0 Å². The minimum atomic E-state index is -1.26. The van der Waals surface area contributed by atoms with Gasteiger partial charge in [-0.2, -0.15) is 11.8 Å². The molecule has 1 aliphatic rings. The third-order valence-corrected chi connectivity index (χ3v) is 3.99. The van der Waals surface area contributed by atoms with Crippen molar-refractivity contribution in [3.05, 3.63) is 29.8 Å². The molecule has 0 fully saturated rings. The van der Waals surface area contributed by atoms with Crippen molar-refractivity contribution in [2.24, 2.45) is 0 Å². The molecule has 0 saturated carbocycles. The number of carbonyl (C=O) groups is 2. The summed E-state index contributed by atoms with van der Waals surface area (Å²) < 4.78 is 11.0. The quantitative estimate of drug-likeness (QED) is 0.682. The van der Waals surface area contributed by atoms with Crippen LogP contribution in [-0.2, 0) is 16.0 Å². The van der Waals surface area contributed by atoms with Gasteiger partial charge in [0, 0.05) is 37.2 Å². The summed E-state index contributed by atoms with van der Waals surface area (Å²) in [4.78, 5) is 26.0. The Kier molecular flexibility index (Phi) is 9.53. The molecule has 26 heavy (non-hydrogen) atoms. The zero-order valence-electron chi connectivity index (χ0n) is 15.1. The Labute approximate surface area is 156 Å². The lowest BCUT2D eigenvalue weighted by Gasteiger charge is -2.20. The van der Waals surface area contributed by atoms with Crippen molar-refractivity contribution in [1.29, 1.82) is 0 Å². The van der Waals surface area contributed by atoms with Gasteiger partial charge in [0.1, 0.15) is 5.69 Å². The van der Waals surface area contributed by atoms with Gasteiger partial charge in [-0.05, 0) is 25.5 Å². The number of hydrogen-bond donors (Lipinski definition) is 2. The van der Waals surface area contributed by atoms with Crippen molar-refractivity contribution in [3.63, 3.8) is 0 Å². The number of hydrogen-bond acceptors (Lipinski definition) is 7. The highest BCUT2D eigenvalue weighted by molar-refractivity contribution is 7.98. The van der Waals surface area contributed by atoms with Gasteiger partial charge in [0.05, 0.1) is 7.11 Å². The first-order valence-corrected chi connectivity index (χ1v) is 9.31. The SMILES string of the molecule is COc1oc(C2=CCCN(C)C2)nc1CCSC.O=C(O)/C=C\C(=O)O. The van der Waals surface area contributed by atoms with Crippen LogP contribution in [-0.4, -0.2) is 71.3 Å². The van der Waals surface area contributed by atoms with E-state index in [-0.39, 0.29) is 0 Å². The largest absolute Gasteiger partial charge is 0.478 e. The van der Waals surface area contributed by atoms with E-state index in [4.69, 9.17) is 19.4 Å². The summed E-state index contributed by atoms with van der Waals surface area (Å²) in [6, 6.07) is 0. The maximum absolute atomic E-state index is 9.55. The molecule has 0 aliphatic carbocycles. The summed E-state index contributed by atoms with van der Waals surface area (Å²) in [5.41, 5.74) is 2.09. The highest BCUT2D eigenvalue weighted by atomic mass is 32.2. The summed E-state index contributed by atoms with van der Waals surface area (Å²) in [6.45, 7) is 1.99. The lowest BCUT2D eigenvalue weighted by atomic mass is 10.1. The Morgan fingerprint density at radius 1 is 1.38 bits per heavy atom. The Balaban J connectivity index is 0.000000359. The number of aromatic nitrogens is 1. The van der Waals surface area contributed by atoms with E-state index in [0.717, 1.165) is 48.8 Å². The molecule has 0 atom stereocenters. The molecular weight excluding hydrogens is 360 g/mol. The summed E-state index contributed by atoms with van der Waals surface area (Å²) in [7, 11) is 3.75. The van der Waals surface area contributed by atoms with E-state index in [9.17, 15) is 9.59 Å². The predicted molar refractivity (Wildman–Crippen MR) is 99.6 cm³/mol. The van der Waals surface area contributed by atoms with Crippen LogP contribution in [0.4, 0.5) is 0 Å². The molecular formula is C17H24N2O6S. The summed E-state index contributed by atoms with van der Waals surface area (Å²) in [6.07, 6.45) is 7.36. The van der Waals surface area contributed by atoms with Gasteiger partial charge in [0.15, 0.2) is 0 Å². The molecule has 1 aromatic heterocycles. The number of ether oxygens (including phenoxy) is 1. The van der Waals surface area contributed by atoms with E-state index in [1.807, 2.05) is 0 Å². The molecule has 1 aliphatic heterocycles. The Hall–Kier alpha value is -2.26. The molecule has 144 valence electrons. The minimum Gasteiger partial charge on any atom is -0.478 e. The number of oxazole rings is 1. The number of aliphatic carboxylic acids is 2. The molecule has 8 nitrogen and oxygen atoms in total. The van der Waals surface area contributed by atoms with Crippen LogP contribution >= 0.6 is 11.8 Å². The van der Waals surface area contributed by atoms with Crippen LogP contribution in [0.5, 0.6) is 5.95 Å². The monoisotopic (exact) mass is 384 g/mol. The molecule has 0 unspecified atom stereocenters. The molecule has 9 heteroatoms. The number of aryl methyl sites for hydroxylation is 1. The average molecular weight is 384 g/mol. The van der Waals surface area contributed by atoms with Crippen molar-refractivity contribution in [3.8, 4) is 5.95 Å². The van der Waals surface area contributed by atoms with E-state index in [0.29, 0.717) is 18.1 Å². The van der Waals surface area contributed by atoms with Crippen molar-refractivity contribution < 1.29 is 29.0 Å². The predicted octanol–water partition coefficient (Wildman–Crippen LogP) is 2.02. The molecule has 2 rings (SSSR count). The van der Waals surface area contributed by atoms with Gasteiger partial charge in [-0.1, -0.05) is 6.08 Å². The Bertz CT molecular complexity index is 652. The first-order chi connectivity index (χ1) is 12.4. The van der Waals surface area contributed by atoms with Crippen LogP contribution in [0.15, 0.2) is 22.6 Å². The van der Waals surface area contributed by atoms with E-state index in [1.165, 1.54) is 0 Å². The van der Waals surface area contributed by atoms with E-state index in [1.54, 1.807) is 18.9 Å². The number of rotatable bonds is 7. The summed E-state index contributed by atoms with van der Waals surface area (Å²) in [5, 5.41) is 15.6. The molecule has 2 heterocycles. The highest BCUT2D eigenvalue weighted by Gasteiger charge is 2.19. The topological polar surface area (TPSA) is 113 Å². The number of thioether (sulfide) groups is 1. The van der Waals surface area contributed by atoms with Gasteiger partial charge in [-0.3, -0.25) is 0 Å². The lowest BCUT2D eigenvalue weighted by molar-refractivity contribution is -0.134. The summed E-state index contributed by atoms with van der Waals surface area (Å²) in [5.74, 6) is -0.205. The number of carboxylic acids is 2. The van der Waals surface area contributed by atoms with Crippen LogP contribution in [0.2, 0.25) is 0 Å². The maximum atomic E-state index is 9.55. The molecule has 0 saturated heterocycles. The smallest absolute Gasteiger partial charge is 0.328 e. The second-order valence-electron chi connectivity index (χ2n) is 5.47. The normalized spacial score (nSPS) is 14.5. The molecule has 2 N–H and O–H groups in total. The van der Waals surface area contributed by atoms with Crippen molar-refractivity contribution in [1.82, 2.24) is 9.88 Å². The first-order valence-electron chi connectivity index (χ1n) is 7.91. The Morgan fingerprint density at radius 3 is 2.54 bits per heavy atom. The number of methoxy groups -OCH3 is 1. The standard InChI is InChI=1S/C13H20N2O2S.C4H4O4/c1-15-7-4-5-10(9-15)12-14-11(6-8-18-3)13(16-2)17-12;5-3(6)1-2-4(7)8/h5H,4,6-9H2,1-3H3;1-2H,(H,5,6)(H,7,8)/b;2-1-. The fourth-order valence-corrected chi connectivity index (χ4v) is 2.58.